The van der Waals surface area contributed by atoms with E-state index in [9.17, 15) is 9.90 Å². The number of aliphatic hydroxyl groups is 1. The quantitative estimate of drug-likeness (QED) is 0.596. The van der Waals surface area contributed by atoms with Gasteiger partial charge in [-0.15, -0.1) is 6.58 Å². The van der Waals surface area contributed by atoms with Gasteiger partial charge in [-0.3, -0.25) is 4.79 Å². The van der Waals surface area contributed by atoms with E-state index in [2.05, 4.69) is 22.4 Å². The lowest BCUT2D eigenvalue weighted by Crippen LogP contribution is -2.35. The predicted molar refractivity (Wildman–Crippen MR) is 98.9 cm³/mol. The van der Waals surface area contributed by atoms with E-state index < -0.39 is 6.10 Å². The number of amides is 1. The molecule has 2 rings (SSSR count). The largest absolute Gasteiger partial charge is 0.491 e. The first-order valence-electron chi connectivity index (χ1n) is 8.64. The maximum Gasteiger partial charge on any atom is 0.240 e. The molecule has 1 atom stereocenters. The maximum atomic E-state index is 11.3. The van der Waals surface area contributed by atoms with Crippen LogP contribution in [-0.4, -0.2) is 42.0 Å². The molecule has 1 amide bonds. The molecule has 1 aromatic carbocycles. The lowest BCUT2D eigenvalue weighted by molar-refractivity contribution is -0.121. The van der Waals surface area contributed by atoms with Gasteiger partial charge in [0.2, 0.25) is 5.91 Å². The maximum absolute atomic E-state index is 11.3. The lowest BCUT2D eigenvalue weighted by atomic mass is 9.96. The van der Waals surface area contributed by atoms with Crippen molar-refractivity contribution in [2.45, 2.75) is 45.3 Å². The molecule has 0 saturated heterocycles. The second kappa shape index (κ2) is 9.34. The van der Waals surface area contributed by atoms with Crippen LogP contribution in [0.25, 0.3) is 0 Å². The fourth-order valence-corrected chi connectivity index (χ4v) is 2.61. The number of allylic oxidation sites excluding steroid dienone is 1. The molecule has 0 spiro atoms. The molecular formula is C19H27N3O3. The molecule has 0 aromatic heterocycles. The van der Waals surface area contributed by atoms with Crippen LogP contribution in [0.15, 0.2) is 36.0 Å². The standard InChI is InChI=1S/C19H27N3O3/c1-4-6-16-15(17-9-10-19(24)22-21-17)7-5-8-18(16)25-12-14(23)11-20-13(2)3/h4-5,7-8,13-14,20,23H,1,6,9-12H2,2-3H3,(H,22,24). The Labute approximate surface area is 149 Å². The first-order chi connectivity index (χ1) is 12.0. The van der Waals surface area contributed by atoms with E-state index in [0.717, 1.165) is 16.8 Å². The van der Waals surface area contributed by atoms with Crippen molar-refractivity contribution >= 4 is 11.6 Å². The van der Waals surface area contributed by atoms with Crippen molar-refractivity contribution in [3.63, 3.8) is 0 Å². The molecule has 25 heavy (non-hydrogen) atoms. The Morgan fingerprint density at radius 1 is 1.44 bits per heavy atom. The van der Waals surface area contributed by atoms with E-state index in [0.29, 0.717) is 37.6 Å². The zero-order valence-electron chi connectivity index (χ0n) is 14.9. The van der Waals surface area contributed by atoms with Crippen molar-refractivity contribution in [2.24, 2.45) is 5.10 Å². The average Bonchev–Trinajstić information content (AvgIpc) is 2.60. The molecule has 0 saturated carbocycles. The number of nitrogens with zero attached hydrogens (tertiary/aromatic N) is 1. The van der Waals surface area contributed by atoms with Gasteiger partial charge >= 0.3 is 0 Å². The van der Waals surface area contributed by atoms with Gasteiger partial charge in [0.25, 0.3) is 0 Å². The first-order valence-corrected chi connectivity index (χ1v) is 8.64. The van der Waals surface area contributed by atoms with Crippen LogP contribution in [0.5, 0.6) is 5.75 Å². The SMILES string of the molecule is C=CCc1c(OCC(O)CNC(C)C)cccc1C1=NNC(=O)CC1. The summed E-state index contributed by atoms with van der Waals surface area (Å²) in [4.78, 5) is 11.3. The van der Waals surface area contributed by atoms with Gasteiger partial charge in [-0.2, -0.15) is 5.10 Å². The molecule has 136 valence electrons. The number of hydrogen-bond acceptors (Lipinski definition) is 5. The van der Waals surface area contributed by atoms with Gasteiger partial charge in [-0.25, -0.2) is 5.43 Å². The summed E-state index contributed by atoms with van der Waals surface area (Å²) in [6, 6.07) is 6.06. The third-order valence-electron chi connectivity index (χ3n) is 3.89. The molecule has 6 nitrogen and oxygen atoms in total. The molecule has 0 radical (unpaired) electrons. The number of rotatable bonds is 9. The van der Waals surface area contributed by atoms with Gasteiger partial charge in [0, 0.05) is 36.6 Å². The van der Waals surface area contributed by atoms with Crippen LogP contribution in [0, 0.1) is 0 Å². The van der Waals surface area contributed by atoms with Gasteiger partial charge in [-0.05, 0) is 12.5 Å². The van der Waals surface area contributed by atoms with Crippen LogP contribution < -0.4 is 15.5 Å². The Hall–Kier alpha value is -2.18. The van der Waals surface area contributed by atoms with Crippen molar-refractivity contribution < 1.29 is 14.6 Å². The molecule has 0 aliphatic carbocycles. The fourth-order valence-electron chi connectivity index (χ4n) is 2.61. The second-order valence-corrected chi connectivity index (χ2v) is 6.40. The fraction of sp³-hybridized carbons (Fsp3) is 0.474. The van der Waals surface area contributed by atoms with Crippen LogP contribution in [0.4, 0.5) is 0 Å². The number of ether oxygens (including phenoxy) is 1. The van der Waals surface area contributed by atoms with E-state index in [-0.39, 0.29) is 12.5 Å². The zero-order valence-corrected chi connectivity index (χ0v) is 14.9. The summed E-state index contributed by atoms with van der Waals surface area (Å²) in [7, 11) is 0. The number of aliphatic hydroxyl groups excluding tert-OH is 1. The smallest absolute Gasteiger partial charge is 0.240 e. The molecule has 1 aliphatic heterocycles. The number of hydrogen-bond donors (Lipinski definition) is 3. The van der Waals surface area contributed by atoms with Crippen LogP contribution in [0.1, 0.15) is 37.8 Å². The predicted octanol–water partition coefficient (Wildman–Crippen LogP) is 1.77. The van der Waals surface area contributed by atoms with Crippen molar-refractivity contribution in [1.29, 1.82) is 0 Å². The van der Waals surface area contributed by atoms with Gasteiger partial charge in [0.1, 0.15) is 18.5 Å². The van der Waals surface area contributed by atoms with Crippen LogP contribution >= 0.6 is 0 Å². The molecule has 6 heteroatoms. The number of carbonyl (C=O) groups is 1. The third kappa shape index (κ3) is 5.69. The number of hydrazone groups is 1. The van der Waals surface area contributed by atoms with Gasteiger partial charge in [0.15, 0.2) is 0 Å². The summed E-state index contributed by atoms with van der Waals surface area (Å²) in [6.07, 6.45) is 2.87. The van der Waals surface area contributed by atoms with Crippen molar-refractivity contribution in [1.82, 2.24) is 10.7 Å². The Morgan fingerprint density at radius 2 is 2.24 bits per heavy atom. The van der Waals surface area contributed by atoms with Crippen molar-refractivity contribution in [3.8, 4) is 5.75 Å². The first kappa shape index (κ1) is 19.1. The molecule has 3 N–H and O–H groups in total. The molecule has 1 aromatic rings. The summed E-state index contributed by atoms with van der Waals surface area (Å²) >= 11 is 0. The van der Waals surface area contributed by atoms with E-state index >= 15 is 0 Å². The minimum Gasteiger partial charge on any atom is -0.491 e. The Bertz CT molecular complexity index is 641. The van der Waals surface area contributed by atoms with Crippen LogP contribution in [0.2, 0.25) is 0 Å². The summed E-state index contributed by atoms with van der Waals surface area (Å²) < 4.78 is 5.86. The number of nitrogens with one attached hydrogen (secondary N) is 2. The molecule has 1 heterocycles. The van der Waals surface area contributed by atoms with E-state index in [1.807, 2.05) is 38.1 Å². The minimum atomic E-state index is -0.589. The van der Waals surface area contributed by atoms with E-state index in [1.54, 1.807) is 0 Å². The van der Waals surface area contributed by atoms with Gasteiger partial charge in [-0.1, -0.05) is 32.1 Å². The number of carbonyl (C=O) groups excluding carboxylic acids is 1. The summed E-state index contributed by atoms with van der Waals surface area (Å²) in [5.74, 6) is 0.641. The highest BCUT2D eigenvalue weighted by molar-refractivity contribution is 6.05. The molecular weight excluding hydrogens is 318 g/mol. The molecule has 0 bridgehead atoms. The summed E-state index contributed by atoms with van der Waals surface area (Å²) in [5, 5.41) is 17.4. The normalized spacial score (nSPS) is 15.5. The Morgan fingerprint density at radius 3 is 2.88 bits per heavy atom. The lowest BCUT2D eigenvalue weighted by Gasteiger charge is -2.20. The third-order valence-corrected chi connectivity index (χ3v) is 3.89. The monoisotopic (exact) mass is 345 g/mol. The van der Waals surface area contributed by atoms with Crippen LogP contribution in [-0.2, 0) is 11.2 Å². The highest BCUT2D eigenvalue weighted by Gasteiger charge is 2.18. The van der Waals surface area contributed by atoms with Gasteiger partial charge < -0.3 is 15.2 Å². The average molecular weight is 345 g/mol. The van der Waals surface area contributed by atoms with Gasteiger partial charge in [0.05, 0.1) is 5.71 Å². The zero-order chi connectivity index (χ0) is 18.2. The van der Waals surface area contributed by atoms with Crippen LogP contribution in [0.3, 0.4) is 0 Å². The highest BCUT2D eigenvalue weighted by Crippen LogP contribution is 2.26. The molecule has 0 fully saturated rings. The Balaban J connectivity index is 2.13. The Kier molecular flexibility index (Phi) is 7.16. The molecule has 1 unspecified atom stereocenters. The van der Waals surface area contributed by atoms with Crippen molar-refractivity contribution in [2.75, 3.05) is 13.2 Å². The van der Waals surface area contributed by atoms with E-state index in [4.69, 9.17) is 4.74 Å². The topological polar surface area (TPSA) is 82.9 Å². The summed E-state index contributed by atoms with van der Waals surface area (Å²) in [5.41, 5.74) is 5.29. The van der Waals surface area contributed by atoms with Crippen molar-refractivity contribution in [3.05, 3.63) is 42.0 Å². The van der Waals surface area contributed by atoms with E-state index in [1.165, 1.54) is 0 Å². The highest BCUT2D eigenvalue weighted by atomic mass is 16.5. The second-order valence-electron chi connectivity index (χ2n) is 6.40. The molecule has 1 aliphatic rings. The minimum absolute atomic E-state index is 0.0674. The number of benzene rings is 1. The summed E-state index contributed by atoms with van der Waals surface area (Å²) in [6.45, 7) is 8.56.